The van der Waals surface area contributed by atoms with Gasteiger partial charge in [-0.05, 0) is 43.5 Å². The number of carbonyl (C=O) groups is 1. The lowest BCUT2D eigenvalue weighted by molar-refractivity contribution is -0.122. The molecule has 2 aromatic rings. The molecule has 2 rings (SSSR count). The van der Waals surface area contributed by atoms with E-state index in [-0.39, 0.29) is 5.91 Å². The van der Waals surface area contributed by atoms with Gasteiger partial charge in [0.25, 0.3) is 5.91 Å². The molecule has 104 valence electrons. The van der Waals surface area contributed by atoms with Crippen molar-refractivity contribution < 1.29 is 9.53 Å². The van der Waals surface area contributed by atoms with Crippen LogP contribution >= 0.6 is 11.8 Å². The first kappa shape index (κ1) is 14.5. The SMILES string of the molecule is CSc1cccc(NC(=O)C(C)Oc2ccccc2)c1. The molecule has 1 amide bonds. The maximum absolute atomic E-state index is 12.1. The van der Waals surface area contributed by atoms with E-state index in [1.54, 1.807) is 18.7 Å². The van der Waals surface area contributed by atoms with Gasteiger partial charge in [-0.1, -0.05) is 24.3 Å². The molecule has 0 aromatic heterocycles. The highest BCUT2D eigenvalue weighted by atomic mass is 32.2. The van der Waals surface area contributed by atoms with Crippen LogP contribution in [-0.4, -0.2) is 18.3 Å². The number of hydrogen-bond acceptors (Lipinski definition) is 3. The van der Waals surface area contributed by atoms with Crippen LogP contribution in [0.15, 0.2) is 59.5 Å². The van der Waals surface area contributed by atoms with Crippen molar-refractivity contribution in [2.45, 2.75) is 17.9 Å². The van der Waals surface area contributed by atoms with Crippen LogP contribution in [0.25, 0.3) is 0 Å². The first-order chi connectivity index (χ1) is 9.69. The Labute approximate surface area is 123 Å². The summed E-state index contributed by atoms with van der Waals surface area (Å²) in [5.41, 5.74) is 0.783. The Morgan fingerprint density at radius 1 is 1.15 bits per heavy atom. The van der Waals surface area contributed by atoms with Gasteiger partial charge in [-0.3, -0.25) is 4.79 Å². The molecule has 2 aromatic carbocycles. The zero-order chi connectivity index (χ0) is 14.4. The van der Waals surface area contributed by atoms with Crippen LogP contribution in [0.2, 0.25) is 0 Å². The largest absolute Gasteiger partial charge is 0.481 e. The lowest BCUT2D eigenvalue weighted by Gasteiger charge is -2.15. The van der Waals surface area contributed by atoms with Gasteiger partial charge in [-0.15, -0.1) is 11.8 Å². The molecule has 0 radical (unpaired) electrons. The maximum Gasteiger partial charge on any atom is 0.265 e. The van der Waals surface area contributed by atoms with E-state index in [4.69, 9.17) is 4.74 Å². The Balaban J connectivity index is 1.97. The van der Waals surface area contributed by atoms with Crippen LogP contribution < -0.4 is 10.1 Å². The fourth-order valence-electron chi connectivity index (χ4n) is 1.70. The molecule has 1 unspecified atom stereocenters. The minimum absolute atomic E-state index is 0.160. The van der Waals surface area contributed by atoms with Gasteiger partial charge in [-0.2, -0.15) is 0 Å². The second-order valence-corrected chi connectivity index (χ2v) is 5.17. The summed E-state index contributed by atoms with van der Waals surface area (Å²) in [4.78, 5) is 13.2. The minimum Gasteiger partial charge on any atom is -0.481 e. The van der Waals surface area contributed by atoms with Crippen LogP contribution in [-0.2, 0) is 4.79 Å². The quantitative estimate of drug-likeness (QED) is 0.850. The molecule has 3 nitrogen and oxygen atoms in total. The first-order valence-corrected chi connectivity index (χ1v) is 7.58. The first-order valence-electron chi connectivity index (χ1n) is 6.35. The van der Waals surface area contributed by atoms with Crippen molar-refractivity contribution in [3.63, 3.8) is 0 Å². The standard InChI is InChI=1S/C16H17NO2S/c1-12(19-14-8-4-3-5-9-14)16(18)17-13-7-6-10-15(11-13)20-2/h3-12H,1-2H3,(H,17,18). The van der Waals surface area contributed by atoms with Crippen LogP contribution in [0.5, 0.6) is 5.75 Å². The lowest BCUT2D eigenvalue weighted by Crippen LogP contribution is -2.30. The third-order valence-corrected chi connectivity index (χ3v) is 3.49. The Kier molecular flexibility index (Phi) is 5.07. The normalized spacial score (nSPS) is 11.7. The predicted molar refractivity (Wildman–Crippen MR) is 83.4 cm³/mol. The van der Waals surface area contributed by atoms with Gasteiger partial charge >= 0.3 is 0 Å². The van der Waals surface area contributed by atoms with Crippen LogP contribution in [0, 0.1) is 0 Å². The van der Waals surface area contributed by atoms with Crippen molar-refractivity contribution in [1.29, 1.82) is 0 Å². The highest BCUT2D eigenvalue weighted by Crippen LogP contribution is 2.19. The second kappa shape index (κ2) is 7.01. The Morgan fingerprint density at radius 3 is 2.60 bits per heavy atom. The molecule has 0 heterocycles. The Bertz CT molecular complexity index is 572. The van der Waals surface area contributed by atoms with Gasteiger partial charge in [-0.25, -0.2) is 0 Å². The molecule has 1 atom stereocenters. The summed E-state index contributed by atoms with van der Waals surface area (Å²) in [5, 5.41) is 2.86. The summed E-state index contributed by atoms with van der Waals surface area (Å²) < 4.78 is 5.59. The molecule has 0 saturated heterocycles. The summed E-state index contributed by atoms with van der Waals surface area (Å²) in [6.07, 6.45) is 1.46. The van der Waals surface area contributed by atoms with E-state index >= 15 is 0 Å². The highest BCUT2D eigenvalue weighted by Gasteiger charge is 2.14. The van der Waals surface area contributed by atoms with Crippen molar-refractivity contribution in [1.82, 2.24) is 0 Å². The summed E-state index contributed by atoms with van der Waals surface area (Å²) >= 11 is 1.64. The van der Waals surface area contributed by atoms with Gasteiger partial charge in [0.2, 0.25) is 0 Å². The third-order valence-electron chi connectivity index (χ3n) is 2.76. The van der Waals surface area contributed by atoms with Gasteiger partial charge < -0.3 is 10.1 Å². The molecule has 0 aliphatic carbocycles. The number of nitrogens with one attached hydrogen (secondary N) is 1. The van der Waals surface area contributed by atoms with E-state index in [1.807, 2.05) is 60.9 Å². The van der Waals surface area contributed by atoms with E-state index in [2.05, 4.69) is 5.32 Å². The number of hydrogen-bond donors (Lipinski definition) is 1. The van der Waals surface area contributed by atoms with Crippen molar-refractivity contribution >= 4 is 23.4 Å². The van der Waals surface area contributed by atoms with Crippen LogP contribution in [0.1, 0.15) is 6.92 Å². The molecule has 1 N–H and O–H groups in total. The fraction of sp³-hybridized carbons (Fsp3) is 0.188. The monoisotopic (exact) mass is 287 g/mol. The number of carbonyl (C=O) groups excluding carboxylic acids is 1. The molecule has 4 heteroatoms. The van der Waals surface area contributed by atoms with Crippen molar-refractivity contribution in [2.75, 3.05) is 11.6 Å². The van der Waals surface area contributed by atoms with Gasteiger partial charge in [0.15, 0.2) is 6.10 Å². The predicted octanol–water partition coefficient (Wildman–Crippen LogP) is 3.81. The number of ether oxygens (including phenoxy) is 1. The number of anilines is 1. The van der Waals surface area contributed by atoms with Crippen molar-refractivity contribution in [3.05, 3.63) is 54.6 Å². The topological polar surface area (TPSA) is 38.3 Å². The van der Waals surface area contributed by atoms with Gasteiger partial charge in [0.05, 0.1) is 0 Å². The average molecular weight is 287 g/mol. The van der Waals surface area contributed by atoms with Crippen molar-refractivity contribution in [3.8, 4) is 5.75 Å². The molecular formula is C16H17NO2S. The summed E-state index contributed by atoms with van der Waals surface area (Å²) in [6, 6.07) is 17.1. The second-order valence-electron chi connectivity index (χ2n) is 4.29. The Morgan fingerprint density at radius 2 is 1.90 bits per heavy atom. The summed E-state index contributed by atoms with van der Waals surface area (Å²) in [5.74, 6) is 0.528. The summed E-state index contributed by atoms with van der Waals surface area (Å²) in [6.45, 7) is 1.74. The van der Waals surface area contributed by atoms with Crippen LogP contribution in [0.3, 0.4) is 0 Å². The van der Waals surface area contributed by atoms with Crippen molar-refractivity contribution in [2.24, 2.45) is 0 Å². The molecule has 0 saturated carbocycles. The van der Waals surface area contributed by atoms with E-state index in [0.29, 0.717) is 5.75 Å². The number of para-hydroxylation sites is 1. The van der Waals surface area contributed by atoms with Crippen LogP contribution in [0.4, 0.5) is 5.69 Å². The molecule has 0 fully saturated rings. The molecule has 0 bridgehead atoms. The molecular weight excluding hydrogens is 270 g/mol. The molecule has 0 aliphatic rings. The van der Waals surface area contributed by atoms with E-state index in [1.165, 1.54) is 0 Å². The maximum atomic E-state index is 12.1. The highest BCUT2D eigenvalue weighted by molar-refractivity contribution is 7.98. The summed E-state index contributed by atoms with van der Waals surface area (Å²) in [7, 11) is 0. The average Bonchev–Trinajstić information content (AvgIpc) is 2.48. The number of thioether (sulfide) groups is 1. The van der Waals surface area contributed by atoms with E-state index in [0.717, 1.165) is 10.6 Å². The van der Waals surface area contributed by atoms with Gasteiger partial charge in [0.1, 0.15) is 5.75 Å². The Hall–Kier alpha value is -1.94. The molecule has 0 spiro atoms. The zero-order valence-electron chi connectivity index (χ0n) is 11.5. The minimum atomic E-state index is -0.546. The fourth-order valence-corrected chi connectivity index (χ4v) is 2.16. The third kappa shape index (κ3) is 4.03. The number of rotatable bonds is 5. The lowest BCUT2D eigenvalue weighted by atomic mass is 10.3. The van der Waals surface area contributed by atoms with Gasteiger partial charge in [0, 0.05) is 10.6 Å². The van der Waals surface area contributed by atoms with E-state index < -0.39 is 6.10 Å². The molecule has 0 aliphatic heterocycles. The molecule has 20 heavy (non-hydrogen) atoms. The zero-order valence-corrected chi connectivity index (χ0v) is 12.3. The number of amides is 1. The number of benzene rings is 2. The smallest absolute Gasteiger partial charge is 0.265 e. The van der Waals surface area contributed by atoms with E-state index in [9.17, 15) is 4.79 Å².